The van der Waals surface area contributed by atoms with Gasteiger partial charge in [-0.2, -0.15) is 10.2 Å². The number of fused-ring (bicyclic) bond motifs is 1. The van der Waals surface area contributed by atoms with Gasteiger partial charge in [0.15, 0.2) is 5.82 Å². The van der Waals surface area contributed by atoms with Crippen molar-refractivity contribution in [3.63, 3.8) is 0 Å². The van der Waals surface area contributed by atoms with Gasteiger partial charge in [0.25, 0.3) is 0 Å². The van der Waals surface area contributed by atoms with Gasteiger partial charge in [-0.05, 0) is 57.5 Å². The van der Waals surface area contributed by atoms with Crippen molar-refractivity contribution in [2.75, 3.05) is 5.32 Å². The normalized spacial score (nSPS) is 16.3. The summed E-state index contributed by atoms with van der Waals surface area (Å²) >= 11 is 0. The zero-order valence-corrected chi connectivity index (χ0v) is 15.9. The van der Waals surface area contributed by atoms with Crippen molar-refractivity contribution in [3.8, 4) is 5.69 Å². The number of hydrogen-bond donors (Lipinski definition) is 1. The van der Waals surface area contributed by atoms with E-state index in [9.17, 15) is 9.18 Å². The lowest BCUT2D eigenvalue weighted by atomic mass is 9.84. The van der Waals surface area contributed by atoms with Crippen molar-refractivity contribution >= 4 is 11.7 Å². The molecule has 3 aromatic rings. The zero-order valence-electron chi connectivity index (χ0n) is 15.9. The molecule has 6 nitrogen and oxygen atoms in total. The molecular formula is C20H22FN5O. The summed E-state index contributed by atoms with van der Waals surface area (Å²) in [6.07, 6.45) is 0.249. The lowest BCUT2D eigenvalue weighted by Crippen LogP contribution is -2.24. The first kappa shape index (κ1) is 17.5. The Labute approximate surface area is 157 Å². The number of nitrogens with one attached hydrogen (secondary N) is 1. The van der Waals surface area contributed by atoms with Crippen LogP contribution in [0.2, 0.25) is 0 Å². The van der Waals surface area contributed by atoms with Crippen molar-refractivity contribution < 1.29 is 9.18 Å². The first-order valence-corrected chi connectivity index (χ1v) is 9.09. The summed E-state index contributed by atoms with van der Waals surface area (Å²) < 4.78 is 17.9. The largest absolute Gasteiger partial charge is 0.309 e. The fourth-order valence-corrected chi connectivity index (χ4v) is 3.98. The Hall–Kier alpha value is -2.96. The summed E-state index contributed by atoms with van der Waals surface area (Å²) in [4.78, 5) is 12.3. The standard InChI is InChI=1S/C20H22FN5O/c1-5-25-13(4)19-16(10-18(27)22-20(19)24-25)15-9-14(21)6-7-17(15)26-12(3)8-11(2)23-26/h6-9,16H,5,10H2,1-4H3,(H,22,24,27). The van der Waals surface area contributed by atoms with Gasteiger partial charge in [0, 0.05) is 35.8 Å². The molecule has 1 atom stereocenters. The van der Waals surface area contributed by atoms with Crippen LogP contribution in [-0.2, 0) is 11.3 Å². The van der Waals surface area contributed by atoms with E-state index in [1.165, 1.54) is 12.1 Å². The SMILES string of the molecule is CCn1nc2c(c1C)C(c1cc(F)ccc1-n1nc(C)cc1C)CC(=O)N2. The van der Waals surface area contributed by atoms with E-state index < -0.39 is 0 Å². The molecule has 1 unspecified atom stereocenters. The van der Waals surface area contributed by atoms with E-state index in [1.807, 2.05) is 43.1 Å². The van der Waals surface area contributed by atoms with Crippen molar-refractivity contribution in [1.82, 2.24) is 19.6 Å². The van der Waals surface area contributed by atoms with E-state index in [2.05, 4.69) is 15.5 Å². The van der Waals surface area contributed by atoms with Crippen LogP contribution in [0.1, 0.15) is 47.5 Å². The lowest BCUT2D eigenvalue weighted by molar-refractivity contribution is -0.116. The van der Waals surface area contributed by atoms with Gasteiger partial charge < -0.3 is 5.32 Å². The summed E-state index contributed by atoms with van der Waals surface area (Å²) in [5.41, 5.74) is 5.32. The number of aryl methyl sites for hydroxylation is 3. The number of carbonyl (C=O) groups is 1. The monoisotopic (exact) mass is 367 g/mol. The summed E-state index contributed by atoms with van der Waals surface area (Å²) in [5.74, 6) is -0.150. The van der Waals surface area contributed by atoms with Crippen LogP contribution in [0.15, 0.2) is 24.3 Å². The van der Waals surface area contributed by atoms with E-state index in [1.54, 1.807) is 6.07 Å². The number of aromatic nitrogens is 4. The van der Waals surface area contributed by atoms with Crippen LogP contribution in [0.3, 0.4) is 0 Å². The molecule has 0 saturated heterocycles. The van der Waals surface area contributed by atoms with E-state index in [0.717, 1.165) is 33.9 Å². The summed E-state index contributed by atoms with van der Waals surface area (Å²) in [6.45, 7) is 8.59. The van der Waals surface area contributed by atoms with Crippen LogP contribution in [0.5, 0.6) is 0 Å². The molecule has 0 aliphatic carbocycles. The molecule has 4 rings (SSSR count). The highest BCUT2D eigenvalue weighted by Gasteiger charge is 2.33. The highest BCUT2D eigenvalue weighted by Crippen LogP contribution is 2.41. The second-order valence-corrected chi connectivity index (χ2v) is 7.01. The third-order valence-corrected chi connectivity index (χ3v) is 5.15. The molecule has 0 saturated carbocycles. The van der Waals surface area contributed by atoms with Gasteiger partial charge in [0.1, 0.15) is 5.82 Å². The van der Waals surface area contributed by atoms with Gasteiger partial charge >= 0.3 is 0 Å². The number of anilines is 1. The minimum atomic E-state index is -0.330. The van der Waals surface area contributed by atoms with E-state index >= 15 is 0 Å². The molecule has 3 heterocycles. The molecule has 27 heavy (non-hydrogen) atoms. The molecule has 1 amide bonds. The highest BCUT2D eigenvalue weighted by atomic mass is 19.1. The van der Waals surface area contributed by atoms with Gasteiger partial charge in [0.2, 0.25) is 5.91 Å². The van der Waals surface area contributed by atoms with E-state index in [-0.39, 0.29) is 24.1 Å². The fraction of sp³-hybridized carbons (Fsp3) is 0.350. The van der Waals surface area contributed by atoms with Crippen molar-refractivity contribution in [1.29, 1.82) is 0 Å². The van der Waals surface area contributed by atoms with Gasteiger partial charge in [-0.3, -0.25) is 9.48 Å². The second-order valence-electron chi connectivity index (χ2n) is 7.01. The highest BCUT2D eigenvalue weighted by molar-refractivity contribution is 5.94. The summed E-state index contributed by atoms with van der Waals surface area (Å²) in [6, 6.07) is 6.66. The molecule has 0 radical (unpaired) electrons. The maximum Gasteiger partial charge on any atom is 0.226 e. The third kappa shape index (κ3) is 2.83. The van der Waals surface area contributed by atoms with Crippen LogP contribution < -0.4 is 5.32 Å². The average Bonchev–Trinajstić information content (AvgIpc) is 3.12. The molecule has 1 aliphatic rings. The van der Waals surface area contributed by atoms with Crippen LogP contribution in [-0.4, -0.2) is 25.5 Å². The molecule has 2 aromatic heterocycles. The molecule has 1 aromatic carbocycles. The predicted octanol–water partition coefficient (Wildman–Crippen LogP) is 3.63. The quantitative estimate of drug-likeness (QED) is 0.769. The molecule has 0 fully saturated rings. The van der Waals surface area contributed by atoms with Gasteiger partial charge in [-0.1, -0.05) is 0 Å². The maximum atomic E-state index is 14.2. The van der Waals surface area contributed by atoms with E-state index in [4.69, 9.17) is 0 Å². The Kier molecular flexibility index (Phi) is 4.09. The number of nitrogens with zero attached hydrogens (tertiary/aromatic N) is 4. The van der Waals surface area contributed by atoms with Gasteiger partial charge in [0.05, 0.1) is 11.4 Å². The molecule has 0 spiro atoms. The van der Waals surface area contributed by atoms with Crippen molar-refractivity contribution in [2.45, 2.75) is 46.6 Å². The maximum absolute atomic E-state index is 14.2. The van der Waals surface area contributed by atoms with Crippen molar-refractivity contribution in [2.24, 2.45) is 0 Å². The Bertz CT molecular complexity index is 1050. The molecule has 1 aliphatic heterocycles. The number of carbonyl (C=O) groups excluding carboxylic acids is 1. The minimum absolute atomic E-state index is 0.114. The number of benzene rings is 1. The Morgan fingerprint density at radius 2 is 2.00 bits per heavy atom. The molecular weight excluding hydrogens is 345 g/mol. The molecule has 0 bridgehead atoms. The Morgan fingerprint density at radius 3 is 2.67 bits per heavy atom. The molecule has 140 valence electrons. The van der Waals surface area contributed by atoms with Crippen LogP contribution in [0.4, 0.5) is 10.2 Å². The zero-order chi connectivity index (χ0) is 19.3. The number of hydrogen-bond acceptors (Lipinski definition) is 3. The third-order valence-electron chi connectivity index (χ3n) is 5.15. The number of rotatable bonds is 3. The fourth-order valence-electron chi connectivity index (χ4n) is 3.98. The van der Waals surface area contributed by atoms with E-state index in [0.29, 0.717) is 12.4 Å². The van der Waals surface area contributed by atoms with Crippen LogP contribution in [0.25, 0.3) is 5.69 Å². The number of amides is 1. The van der Waals surface area contributed by atoms with Crippen molar-refractivity contribution in [3.05, 3.63) is 58.3 Å². The Morgan fingerprint density at radius 1 is 1.22 bits per heavy atom. The van der Waals surface area contributed by atoms with Crippen LogP contribution in [0, 0.1) is 26.6 Å². The van der Waals surface area contributed by atoms with Crippen LogP contribution >= 0.6 is 0 Å². The molecule has 7 heteroatoms. The average molecular weight is 367 g/mol. The summed E-state index contributed by atoms with van der Waals surface area (Å²) in [5, 5.41) is 11.9. The Balaban J connectivity index is 1.95. The van der Waals surface area contributed by atoms with Gasteiger partial charge in [-0.15, -0.1) is 0 Å². The lowest BCUT2D eigenvalue weighted by Gasteiger charge is -2.25. The van der Waals surface area contributed by atoms with Gasteiger partial charge in [-0.25, -0.2) is 9.07 Å². The first-order valence-electron chi connectivity index (χ1n) is 9.09. The smallest absolute Gasteiger partial charge is 0.226 e. The second kappa shape index (κ2) is 6.33. The first-order chi connectivity index (χ1) is 12.9. The number of halogens is 1. The predicted molar refractivity (Wildman–Crippen MR) is 101 cm³/mol. The topological polar surface area (TPSA) is 64.7 Å². The minimum Gasteiger partial charge on any atom is -0.309 e. The summed E-state index contributed by atoms with van der Waals surface area (Å²) in [7, 11) is 0. The molecule has 1 N–H and O–H groups in total.